The van der Waals surface area contributed by atoms with Crippen LogP contribution in [0.4, 0.5) is 17.6 Å². The number of aryl methyl sites for hydroxylation is 1. The minimum absolute atomic E-state index is 0.0116. The molecule has 1 heterocycles. The zero-order valence-electron chi connectivity index (χ0n) is 17.1. The highest BCUT2D eigenvalue weighted by atomic mass is 35.5. The van der Waals surface area contributed by atoms with Crippen molar-refractivity contribution in [2.45, 2.75) is 26.0 Å². The first-order valence-corrected chi connectivity index (χ1v) is 9.87. The van der Waals surface area contributed by atoms with E-state index in [1.807, 2.05) is 13.0 Å². The molecule has 0 saturated heterocycles. The Bertz CT molecular complexity index is 1140. The van der Waals surface area contributed by atoms with Gasteiger partial charge in [0.15, 0.2) is 5.82 Å². The number of nitrogens with one attached hydrogen (secondary N) is 1. The molecule has 1 atom stereocenters. The van der Waals surface area contributed by atoms with E-state index in [1.165, 1.54) is 0 Å². The van der Waals surface area contributed by atoms with Gasteiger partial charge in [-0.3, -0.25) is 9.59 Å². The van der Waals surface area contributed by atoms with Crippen LogP contribution in [0.25, 0.3) is 11.4 Å². The fraction of sp³-hybridized carbons (Fsp3) is 0.190. The number of hydrogen-bond donors (Lipinski definition) is 4. The van der Waals surface area contributed by atoms with Crippen LogP contribution < -0.4 is 16.8 Å². The van der Waals surface area contributed by atoms with Gasteiger partial charge in [0.1, 0.15) is 12.6 Å². The summed E-state index contributed by atoms with van der Waals surface area (Å²) in [6.07, 6.45) is -0.399. The number of hydrogen-bond acceptors (Lipinski definition) is 9. The molecule has 0 aliphatic heterocycles. The van der Waals surface area contributed by atoms with E-state index < -0.39 is 24.4 Å². The number of carbonyl (C=O) groups is 2. The summed E-state index contributed by atoms with van der Waals surface area (Å²) in [6.45, 7) is 1.90. The van der Waals surface area contributed by atoms with Crippen molar-refractivity contribution in [3.05, 3.63) is 58.6 Å². The third-order valence-electron chi connectivity index (χ3n) is 4.41. The van der Waals surface area contributed by atoms with Crippen molar-refractivity contribution < 1.29 is 19.4 Å². The summed E-state index contributed by atoms with van der Waals surface area (Å²) in [5, 5.41) is 12.3. The molecule has 0 aliphatic carbocycles. The number of aliphatic carboxylic acids is 1. The highest BCUT2D eigenvalue weighted by Crippen LogP contribution is 2.25. The number of ether oxygens (including phenoxy) is 1. The number of carbonyl (C=O) groups excluding carboxylic acids is 1. The predicted octanol–water partition coefficient (Wildman–Crippen LogP) is 2.67. The van der Waals surface area contributed by atoms with Crippen LogP contribution in [-0.4, -0.2) is 38.0 Å². The summed E-state index contributed by atoms with van der Waals surface area (Å²) in [7, 11) is 0. The average Bonchev–Trinajstić information content (AvgIpc) is 2.74. The van der Waals surface area contributed by atoms with Crippen LogP contribution in [0.2, 0.25) is 5.02 Å². The lowest BCUT2D eigenvalue weighted by atomic mass is 10.1. The summed E-state index contributed by atoms with van der Waals surface area (Å²) in [6, 6.07) is 11.1. The lowest BCUT2D eigenvalue weighted by Crippen LogP contribution is -2.33. The summed E-state index contributed by atoms with van der Waals surface area (Å²) < 4.78 is 5.05. The molecule has 166 valence electrons. The van der Waals surface area contributed by atoms with Crippen LogP contribution in [0.3, 0.4) is 0 Å². The molecule has 32 heavy (non-hydrogen) atoms. The summed E-state index contributed by atoms with van der Waals surface area (Å²) >= 11 is 6.09. The maximum atomic E-state index is 11.6. The number of nitrogens with zero attached hydrogens (tertiary/aromatic N) is 3. The van der Waals surface area contributed by atoms with E-state index in [9.17, 15) is 9.59 Å². The lowest BCUT2D eigenvalue weighted by molar-refractivity contribution is -0.149. The molecule has 1 aromatic heterocycles. The molecule has 11 heteroatoms. The van der Waals surface area contributed by atoms with E-state index in [4.69, 9.17) is 32.9 Å². The molecule has 0 bridgehead atoms. The number of esters is 1. The molecule has 3 aromatic rings. The normalized spacial score (nSPS) is 11.6. The topological polar surface area (TPSA) is 166 Å². The van der Waals surface area contributed by atoms with Crippen LogP contribution in [-0.2, 0) is 20.9 Å². The smallest absolute Gasteiger partial charge is 0.321 e. The maximum absolute atomic E-state index is 11.6. The molecule has 2 aromatic carbocycles. The summed E-state index contributed by atoms with van der Waals surface area (Å²) in [4.78, 5) is 35.1. The van der Waals surface area contributed by atoms with Crippen molar-refractivity contribution in [3.63, 3.8) is 0 Å². The van der Waals surface area contributed by atoms with Gasteiger partial charge in [-0.05, 0) is 42.3 Å². The van der Waals surface area contributed by atoms with Crippen molar-refractivity contribution in [3.8, 4) is 11.4 Å². The van der Waals surface area contributed by atoms with E-state index in [-0.39, 0.29) is 18.5 Å². The van der Waals surface area contributed by atoms with Crippen molar-refractivity contribution >= 4 is 41.1 Å². The molecule has 0 radical (unpaired) electrons. The maximum Gasteiger partial charge on any atom is 0.321 e. The average molecular weight is 457 g/mol. The second-order valence-corrected chi connectivity index (χ2v) is 7.37. The molecular formula is C21H21ClN6O4. The van der Waals surface area contributed by atoms with Gasteiger partial charge in [0, 0.05) is 16.3 Å². The zero-order chi connectivity index (χ0) is 23.3. The fourth-order valence-electron chi connectivity index (χ4n) is 2.71. The Morgan fingerprint density at radius 3 is 2.56 bits per heavy atom. The zero-order valence-corrected chi connectivity index (χ0v) is 17.8. The molecule has 0 unspecified atom stereocenters. The number of carboxylic acid groups (broad SMARTS) is 1. The standard InChI is InChI=1S/C21H21ClN6O4/c1-11-2-5-13(22)8-15(11)18-26-20(24)28-21(27-18)25-14-6-3-12(4-7-14)10-32-17(29)9-16(23)19(30)31/h2-8,16H,9-10,23H2,1H3,(H,30,31)(H3,24,25,26,27,28)/t16-/m0/s1. The molecule has 0 amide bonds. The van der Waals surface area contributed by atoms with Gasteiger partial charge in [0.25, 0.3) is 0 Å². The molecule has 0 saturated carbocycles. The predicted molar refractivity (Wildman–Crippen MR) is 119 cm³/mol. The van der Waals surface area contributed by atoms with Crippen LogP contribution in [0, 0.1) is 6.92 Å². The number of rotatable bonds is 8. The van der Waals surface area contributed by atoms with Crippen molar-refractivity contribution in [2.75, 3.05) is 11.1 Å². The van der Waals surface area contributed by atoms with Crippen molar-refractivity contribution in [1.29, 1.82) is 0 Å². The van der Waals surface area contributed by atoms with Gasteiger partial charge in [-0.1, -0.05) is 29.8 Å². The highest BCUT2D eigenvalue weighted by Gasteiger charge is 2.17. The Kier molecular flexibility index (Phi) is 7.18. The lowest BCUT2D eigenvalue weighted by Gasteiger charge is -2.10. The largest absolute Gasteiger partial charge is 0.480 e. The number of benzene rings is 2. The quantitative estimate of drug-likeness (QED) is 0.370. The number of aromatic nitrogens is 3. The molecular weight excluding hydrogens is 436 g/mol. The van der Waals surface area contributed by atoms with Gasteiger partial charge in [-0.15, -0.1) is 0 Å². The Balaban J connectivity index is 1.67. The Morgan fingerprint density at radius 1 is 1.16 bits per heavy atom. The second kappa shape index (κ2) is 10.0. The monoisotopic (exact) mass is 456 g/mol. The third-order valence-corrected chi connectivity index (χ3v) is 4.64. The van der Waals surface area contributed by atoms with Crippen molar-refractivity contribution in [2.24, 2.45) is 5.73 Å². The molecule has 6 N–H and O–H groups in total. The van der Waals surface area contributed by atoms with Gasteiger partial charge in [0.05, 0.1) is 6.42 Å². The van der Waals surface area contributed by atoms with E-state index in [0.29, 0.717) is 22.1 Å². The van der Waals surface area contributed by atoms with Gasteiger partial charge in [-0.2, -0.15) is 15.0 Å². The Labute approximate surface area is 188 Å². The van der Waals surface area contributed by atoms with Gasteiger partial charge >= 0.3 is 11.9 Å². The summed E-state index contributed by atoms with van der Waals surface area (Å²) in [5.74, 6) is -1.24. The van der Waals surface area contributed by atoms with Crippen LogP contribution in [0.1, 0.15) is 17.5 Å². The SMILES string of the molecule is Cc1ccc(Cl)cc1-c1nc(N)nc(Nc2ccc(COC(=O)C[C@H](N)C(=O)O)cc2)n1. The number of anilines is 3. The van der Waals surface area contributed by atoms with E-state index in [0.717, 1.165) is 11.1 Å². The second-order valence-electron chi connectivity index (χ2n) is 6.93. The molecule has 0 aliphatic rings. The molecule has 0 fully saturated rings. The number of nitrogen functional groups attached to an aromatic ring is 1. The van der Waals surface area contributed by atoms with E-state index in [2.05, 4.69) is 20.3 Å². The van der Waals surface area contributed by atoms with E-state index in [1.54, 1.807) is 36.4 Å². The number of carboxylic acids is 1. The minimum Gasteiger partial charge on any atom is -0.480 e. The number of halogens is 1. The van der Waals surface area contributed by atoms with Crippen molar-refractivity contribution in [1.82, 2.24) is 15.0 Å². The first-order valence-electron chi connectivity index (χ1n) is 9.49. The number of nitrogens with two attached hydrogens (primary N) is 2. The minimum atomic E-state index is -1.29. The van der Waals surface area contributed by atoms with Gasteiger partial charge < -0.3 is 26.6 Å². The first-order chi connectivity index (χ1) is 15.2. The molecule has 3 rings (SSSR count). The van der Waals surface area contributed by atoms with E-state index >= 15 is 0 Å². The van der Waals surface area contributed by atoms with Gasteiger partial charge in [0.2, 0.25) is 11.9 Å². The Hall–Kier alpha value is -3.76. The molecule has 10 nitrogen and oxygen atoms in total. The van der Waals surface area contributed by atoms with Crippen LogP contribution in [0.15, 0.2) is 42.5 Å². The van der Waals surface area contributed by atoms with Gasteiger partial charge in [-0.25, -0.2) is 0 Å². The third kappa shape index (κ3) is 6.13. The first kappa shape index (κ1) is 22.9. The molecule has 0 spiro atoms. The fourth-order valence-corrected chi connectivity index (χ4v) is 2.88. The highest BCUT2D eigenvalue weighted by molar-refractivity contribution is 6.30. The Morgan fingerprint density at radius 2 is 1.88 bits per heavy atom. The van der Waals surface area contributed by atoms with Crippen LogP contribution >= 0.6 is 11.6 Å². The summed E-state index contributed by atoms with van der Waals surface area (Å²) in [5.41, 5.74) is 14.2. The van der Waals surface area contributed by atoms with Crippen LogP contribution in [0.5, 0.6) is 0 Å².